The molecule has 0 aliphatic heterocycles. The van der Waals surface area contributed by atoms with Crippen molar-refractivity contribution in [2.45, 2.75) is 0 Å². The Bertz CT molecular complexity index is 824. The van der Waals surface area contributed by atoms with Crippen molar-refractivity contribution in [1.29, 1.82) is 0 Å². The summed E-state index contributed by atoms with van der Waals surface area (Å²) in [7, 11) is 0. The predicted octanol–water partition coefficient (Wildman–Crippen LogP) is 4.05. The molecule has 0 aliphatic rings. The van der Waals surface area contributed by atoms with Gasteiger partial charge in [-0.2, -0.15) is 0 Å². The van der Waals surface area contributed by atoms with E-state index < -0.39 is 11.4 Å². The van der Waals surface area contributed by atoms with Crippen molar-refractivity contribution in [3.8, 4) is 11.1 Å². The van der Waals surface area contributed by atoms with Crippen molar-refractivity contribution >= 4 is 22.6 Å². The van der Waals surface area contributed by atoms with Crippen molar-refractivity contribution in [3.63, 3.8) is 0 Å². The molecular weight excluding hydrogens is 267 g/mol. The third-order valence-electron chi connectivity index (χ3n) is 2.81. The molecule has 0 unspecified atom stereocenters. The molecule has 0 bridgehead atoms. The summed E-state index contributed by atoms with van der Waals surface area (Å²) in [6.07, 6.45) is 0. The van der Waals surface area contributed by atoms with Crippen LogP contribution >= 0.6 is 11.6 Å². The van der Waals surface area contributed by atoms with Crippen molar-refractivity contribution in [2.75, 3.05) is 0 Å². The number of rotatable bonds is 1. The van der Waals surface area contributed by atoms with Gasteiger partial charge < -0.3 is 4.42 Å². The largest absolute Gasteiger partial charge is 0.423 e. The molecule has 0 amide bonds. The molecule has 19 heavy (non-hydrogen) atoms. The van der Waals surface area contributed by atoms with E-state index in [-0.39, 0.29) is 5.02 Å². The smallest absolute Gasteiger partial charge is 0.336 e. The third kappa shape index (κ3) is 2.13. The normalized spacial score (nSPS) is 10.8. The molecule has 3 rings (SSSR count). The second-order valence-corrected chi connectivity index (χ2v) is 4.43. The topological polar surface area (TPSA) is 30.2 Å². The predicted molar refractivity (Wildman–Crippen MR) is 71.7 cm³/mol. The van der Waals surface area contributed by atoms with E-state index in [1.807, 2.05) is 0 Å². The summed E-state index contributed by atoms with van der Waals surface area (Å²) in [5.41, 5.74) is 1.14. The molecule has 1 radical (unpaired) electrons. The van der Waals surface area contributed by atoms with Crippen LogP contribution in [0.4, 0.5) is 4.39 Å². The quantitative estimate of drug-likeness (QED) is 0.626. The van der Waals surface area contributed by atoms with E-state index in [0.717, 1.165) is 5.39 Å². The monoisotopic (exact) mass is 273 g/mol. The van der Waals surface area contributed by atoms with Crippen LogP contribution in [0, 0.1) is 11.9 Å². The van der Waals surface area contributed by atoms with E-state index in [0.29, 0.717) is 16.7 Å². The van der Waals surface area contributed by atoms with Crippen LogP contribution in [0.1, 0.15) is 0 Å². The molecule has 2 aromatic carbocycles. The zero-order chi connectivity index (χ0) is 13.4. The van der Waals surface area contributed by atoms with Crippen LogP contribution < -0.4 is 5.63 Å². The maximum absolute atomic E-state index is 13.1. The van der Waals surface area contributed by atoms with Gasteiger partial charge >= 0.3 is 5.63 Å². The third-order valence-corrected chi connectivity index (χ3v) is 3.12. The summed E-state index contributed by atoms with van der Waals surface area (Å²) < 4.78 is 18.2. The molecule has 0 spiro atoms. The Labute approximate surface area is 113 Å². The van der Waals surface area contributed by atoms with Gasteiger partial charge in [-0.3, -0.25) is 0 Å². The van der Waals surface area contributed by atoms with E-state index in [2.05, 4.69) is 6.07 Å². The van der Waals surface area contributed by atoms with E-state index in [9.17, 15) is 9.18 Å². The number of hydrogen-bond acceptors (Lipinski definition) is 2. The molecule has 3 aromatic rings. The Hall–Kier alpha value is -2.13. The van der Waals surface area contributed by atoms with Crippen LogP contribution in [0.2, 0.25) is 5.02 Å². The summed E-state index contributed by atoms with van der Waals surface area (Å²) in [6.45, 7) is 0. The Balaban J connectivity index is 2.39. The van der Waals surface area contributed by atoms with Crippen LogP contribution in [-0.4, -0.2) is 0 Å². The van der Waals surface area contributed by atoms with Crippen LogP contribution in [0.5, 0.6) is 0 Å². The fourth-order valence-electron chi connectivity index (χ4n) is 1.99. The van der Waals surface area contributed by atoms with Crippen molar-refractivity contribution in [2.24, 2.45) is 0 Å². The van der Waals surface area contributed by atoms with E-state index in [1.165, 1.54) is 18.2 Å². The highest BCUT2D eigenvalue weighted by Crippen LogP contribution is 2.32. The minimum atomic E-state index is -0.484. The van der Waals surface area contributed by atoms with Gasteiger partial charge in [0.2, 0.25) is 0 Å². The first-order valence-electron chi connectivity index (χ1n) is 5.54. The molecule has 0 aliphatic carbocycles. The molecule has 0 saturated heterocycles. The molecule has 0 saturated carbocycles. The zero-order valence-corrected chi connectivity index (χ0v) is 10.4. The second kappa shape index (κ2) is 4.52. The van der Waals surface area contributed by atoms with E-state index >= 15 is 0 Å². The first-order valence-corrected chi connectivity index (χ1v) is 5.92. The highest BCUT2D eigenvalue weighted by Gasteiger charge is 2.11. The number of benzene rings is 2. The Morgan fingerprint density at radius 2 is 2.00 bits per heavy atom. The van der Waals surface area contributed by atoms with Gasteiger partial charge in [0.05, 0.1) is 5.02 Å². The highest BCUT2D eigenvalue weighted by molar-refractivity contribution is 6.33. The average molecular weight is 274 g/mol. The molecule has 1 heterocycles. The van der Waals surface area contributed by atoms with E-state index in [4.69, 9.17) is 16.0 Å². The lowest BCUT2D eigenvalue weighted by Gasteiger charge is -2.07. The van der Waals surface area contributed by atoms with Gasteiger partial charge in [0, 0.05) is 22.6 Å². The Morgan fingerprint density at radius 1 is 1.16 bits per heavy atom. The summed E-state index contributed by atoms with van der Waals surface area (Å²) in [5.74, 6) is -0.422. The maximum Gasteiger partial charge on any atom is 0.336 e. The van der Waals surface area contributed by atoms with Gasteiger partial charge in [-0.25, -0.2) is 9.18 Å². The fourth-order valence-corrected chi connectivity index (χ4v) is 2.26. The van der Waals surface area contributed by atoms with Crippen molar-refractivity contribution in [3.05, 3.63) is 69.8 Å². The fraction of sp³-hybridized carbons (Fsp3) is 0. The molecule has 0 atom stereocenters. The second-order valence-electron chi connectivity index (χ2n) is 4.03. The standard InChI is InChI=1S/C15H7ClFO2/c16-13-7-9(17)5-6-10(13)12-8-15(18)19-14-4-2-1-3-11(12)14/h1,3-8H. The summed E-state index contributed by atoms with van der Waals surface area (Å²) in [4.78, 5) is 11.6. The summed E-state index contributed by atoms with van der Waals surface area (Å²) in [5, 5.41) is 0.978. The van der Waals surface area contributed by atoms with Crippen LogP contribution in [0.25, 0.3) is 22.1 Å². The number of fused-ring (bicyclic) bond motifs is 1. The van der Waals surface area contributed by atoms with E-state index in [1.54, 1.807) is 24.3 Å². The lowest BCUT2D eigenvalue weighted by Crippen LogP contribution is -1.98. The van der Waals surface area contributed by atoms with Gasteiger partial charge in [-0.15, -0.1) is 0 Å². The highest BCUT2D eigenvalue weighted by atomic mass is 35.5. The SMILES string of the molecule is O=c1cc(-c2ccc(F)cc2Cl)c2cc[c]cc2o1. The Kier molecular flexibility index (Phi) is 2.84. The van der Waals surface area contributed by atoms with Gasteiger partial charge in [0.15, 0.2) is 0 Å². The van der Waals surface area contributed by atoms with Crippen LogP contribution in [0.3, 0.4) is 0 Å². The lowest BCUT2D eigenvalue weighted by atomic mass is 10.0. The first-order chi connectivity index (χ1) is 9.15. The van der Waals surface area contributed by atoms with Gasteiger partial charge in [-0.05, 0) is 36.4 Å². The number of hydrogen-bond donors (Lipinski definition) is 0. The zero-order valence-electron chi connectivity index (χ0n) is 9.61. The number of halogens is 2. The first kappa shape index (κ1) is 11.9. The molecule has 0 N–H and O–H groups in total. The molecular formula is C15H7ClFO2. The molecule has 1 aromatic heterocycles. The van der Waals surface area contributed by atoms with Crippen LogP contribution in [0.15, 0.2) is 51.7 Å². The average Bonchev–Trinajstić information content (AvgIpc) is 2.38. The molecule has 4 heteroatoms. The summed E-state index contributed by atoms with van der Waals surface area (Å²) in [6, 6.07) is 13.3. The van der Waals surface area contributed by atoms with Crippen LogP contribution in [-0.2, 0) is 0 Å². The van der Waals surface area contributed by atoms with Crippen molar-refractivity contribution < 1.29 is 8.81 Å². The van der Waals surface area contributed by atoms with Gasteiger partial charge in [0.1, 0.15) is 11.4 Å². The lowest BCUT2D eigenvalue weighted by molar-refractivity contribution is 0.561. The maximum atomic E-state index is 13.1. The van der Waals surface area contributed by atoms with Gasteiger partial charge in [0.25, 0.3) is 0 Å². The molecule has 0 fully saturated rings. The minimum absolute atomic E-state index is 0.250. The molecule has 2 nitrogen and oxygen atoms in total. The van der Waals surface area contributed by atoms with Crippen molar-refractivity contribution in [1.82, 2.24) is 0 Å². The minimum Gasteiger partial charge on any atom is -0.423 e. The van der Waals surface area contributed by atoms with Gasteiger partial charge in [-0.1, -0.05) is 17.7 Å². The Morgan fingerprint density at radius 3 is 2.79 bits per heavy atom. The molecule has 93 valence electrons. The summed E-state index contributed by atoms with van der Waals surface area (Å²) >= 11 is 6.04.